The summed E-state index contributed by atoms with van der Waals surface area (Å²) in [5, 5.41) is 0.102. The van der Waals surface area contributed by atoms with E-state index in [2.05, 4.69) is 5.10 Å². The van der Waals surface area contributed by atoms with Crippen LogP contribution >= 0.6 is 0 Å². The van der Waals surface area contributed by atoms with Crippen LogP contribution in [0.4, 0.5) is 14.5 Å². The molecule has 9 nitrogen and oxygen atoms in total. The van der Waals surface area contributed by atoms with E-state index in [-0.39, 0.29) is 44.4 Å². The second-order valence-corrected chi connectivity index (χ2v) is 9.90. The highest BCUT2D eigenvalue weighted by molar-refractivity contribution is 7.89. The first-order valence-corrected chi connectivity index (χ1v) is 12.8. The van der Waals surface area contributed by atoms with Crippen molar-refractivity contribution in [3.05, 3.63) is 82.8 Å². The highest BCUT2D eigenvalue weighted by Crippen LogP contribution is 2.38. The molecular weight excluding hydrogens is 494 g/mol. The van der Waals surface area contributed by atoms with Gasteiger partial charge in [-0.1, -0.05) is 48.5 Å². The molecule has 0 aliphatic carbocycles. The highest BCUT2D eigenvalue weighted by Gasteiger charge is 2.52. The lowest BCUT2D eigenvalue weighted by molar-refractivity contribution is 0.0828. The van der Waals surface area contributed by atoms with Crippen LogP contribution in [0.25, 0.3) is 5.69 Å². The van der Waals surface area contributed by atoms with Gasteiger partial charge in [-0.15, -0.1) is 0 Å². The van der Waals surface area contributed by atoms with Gasteiger partial charge in [-0.3, -0.25) is 4.79 Å². The molecule has 1 aromatic heterocycles. The summed E-state index contributed by atoms with van der Waals surface area (Å²) < 4.78 is 68.6. The smallest absolute Gasteiger partial charge is 0.384 e. The lowest BCUT2D eigenvalue weighted by atomic mass is 10.2. The fourth-order valence-electron chi connectivity index (χ4n) is 3.79. The number of alkyl halides is 2. The summed E-state index contributed by atoms with van der Waals surface area (Å²) in [6, 6.07) is 15.1. The Bertz CT molecular complexity index is 1340. The number of hydrogen-bond donors (Lipinski definition) is 0. The molecule has 3 aromatic rings. The lowest BCUT2D eigenvalue weighted by Gasteiger charge is -2.25. The molecular formula is C24H26F2N4O5S. The van der Waals surface area contributed by atoms with E-state index in [1.54, 1.807) is 30.3 Å². The van der Waals surface area contributed by atoms with Gasteiger partial charge in [-0.25, -0.2) is 8.42 Å². The number of anilines is 1. The second-order valence-electron chi connectivity index (χ2n) is 7.92. The monoisotopic (exact) mass is 520 g/mol. The number of hydrogen-bond acceptors (Lipinski definition) is 7. The van der Waals surface area contributed by atoms with E-state index in [0.717, 1.165) is 16.8 Å². The molecule has 0 radical (unpaired) electrons. The minimum atomic E-state index is -5.04. The van der Waals surface area contributed by atoms with Gasteiger partial charge >= 0.3 is 10.8 Å². The second kappa shape index (κ2) is 10.7. The first-order valence-electron chi connectivity index (χ1n) is 11.3. The zero-order valence-corrected chi connectivity index (χ0v) is 20.4. The number of rotatable bonds is 10. The van der Waals surface area contributed by atoms with Gasteiger partial charge in [0.1, 0.15) is 12.3 Å². The van der Waals surface area contributed by atoms with Crippen molar-refractivity contribution in [1.29, 1.82) is 0 Å². The van der Waals surface area contributed by atoms with Gasteiger partial charge in [0, 0.05) is 25.3 Å². The van der Waals surface area contributed by atoms with E-state index in [1.165, 1.54) is 29.3 Å². The molecule has 0 spiro atoms. The normalized spacial score (nSPS) is 14.8. The van der Waals surface area contributed by atoms with Crippen LogP contribution in [0.2, 0.25) is 0 Å². The van der Waals surface area contributed by atoms with Crippen LogP contribution in [-0.2, 0) is 20.0 Å². The van der Waals surface area contributed by atoms with Crippen LogP contribution in [0, 0.1) is 0 Å². The fourth-order valence-corrected chi connectivity index (χ4v) is 5.16. The zero-order valence-electron chi connectivity index (χ0n) is 19.6. The van der Waals surface area contributed by atoms with Crippen molar-refractivity contribution in [2.45, 2.75) is 12.2 Å². The van der Waals surface area contributed by atoms with Crippen LogP contribution in [0.1, 0.15) is 12.5 Å². The molecule has 36 heavy (non-hydrogen) atoms. The third-order valence-electron chi connectivity index (χ3n) is 5.66. The van der Waals surface area contributed by atoms with Crippen LogP contribution < -0.4 is 15.2 Å². The molecule has 0 bridgehead atoms. The maximum Gasteiger partial charge on any atom is 0.384 e. The van der Waals surface area contributed by atoms with Gasteiger partial charge < -0.3 is 14.4 Å². The number of nitrogens with zero attached hydrogens (tertiary/aromatic N) is 4. The third kappa shape index (κ3) is 4.97. The summed E-state index contributed by atoms with van der Waals surface area (Å²) in [6.07, 6.45) is 1.37. The van der Waals surface area contributed by atoms with Gasteiger partial charge in [0.2, 0.25) is 5.75 Å². The number of aromatic nitrogens is 2. The van der Waals surface area contributed by atoms with Crippen LogP contribution in [0.5, 0.6) is 5.75 Å². The molecule has 1 saturated heterocycles. The molecule has 0 amide bonds. The average Bonchev–Trinajstić information content (AvgIpc) is 3.39. The molecule has 192 valence electrons. The Balaban J connectivity index is 1.64. The molecule has 2 heterocycles. The van der Waals surface area contributed by atoms with Crippen LogP contribution in [0.3, 0.4) is 0 Å². The van der Waals surface area contributed by atoms with Gasteiger partial charge in [-0.05, 0) is 19.1 Å². The van der Waals surface area contributed by atoms with Crippen molar-refractivity contribution < 1.29 is 26.7 Å². The molecule has 1 aliphatic heterocycles. The molecule has 4 rings (SSSR count). The Morgan fingerprint density at radius 3 is 2.33 bits per heavy atom. The summed E-state index contributed by atoms with van der Waals surface area (Å²) in [6.45, 7) is 2.08. The van der Waals surface area contributed by atoms with E-state index >= 15 is 0 Å². The van der Waals surface area contributed by atoms with Crippen molar-refractivity contribution in [2.75, 3.05) is 44.5 Å². The minimum Gasteiger partial charge on any atom is -0.484 e. The number of benzene rings is 2. The Morgan fingerprint density at radius 1 is 1.00 bits per heavy atom. The quantitative estimate of drug-likeness (QED) is 0.380. The van der Waals surface area contributed by atoms with Crippen molar-refractivity contribution in [1.82, 2.24) is 14.1 Å². The molecule has 0 N–H and O–H groups in total. The van der Waals surface area contributed by atoms with E-state index in [9.17, 15) is 22.0 Å². The minimum absolute atomic E-state index is 0.0663. The maximum atomic E-state index is 15.0. The van der Waals surface area contributed by atoms with E-state index in [0.29, 0.717) is 16.6 Å². The Kier molecular flexibility index (Phi) is 7.67. The first kappa shape index (κ1) is 25.7. The molecule has 1 aliphatic rings. The van der Waals surface area contributed by atoms with Crippen molar-refractivity contribution in [2.24, 2.45) is 0 Å². The van der Waals surface area contributed by atoms with Crippen LogP contribution in [0.15, 0.2) is 71.7 Å². The summed E-state index contributed by atoms with van der Waals surface area (Å²) in [5.41, 5.74) is -0.456. The van der Waals surface area contributed by atoms with E-state index in [1.807, 2.05) is 6.92 Å². The first-order chi connectivity index (χ1) is 17.3. The molecule has 1 fully saturated rings. The van der Waals surface area contributed by atoms with Gasteiger partial charge in [0.05, 0.1) is 25.2 Å². The number of ether oxygens (including phenoxy) is 2. The highest BCUT2D eigenvalue weighted by atomic mass is 32.2. The van der Waals surface area contributed by atoms with Crippen molar-refractivity contribution in [3.63, 3.8) is 0 Å². The average molecular weight is 521 g/mol. The van der Waals surface area contributed by atoms with Gasteiger partial charge in [0.15, 0.2) is 0 Å². The largest absolute Gasteiger partial charge is 0.484 e. The molecule has 0 atom stereocenters. The van der Waals surface area contributed by atoms with Crippen molar-refractivity contribution in [3.8, 4) is 11.4 Å². The third-order valence-corrected chi connectivity index (χ3v) is 7.52. The Morgan fingerprint density at radius 2 is 1.67 bits per heavy atom. The fraction of sp³-hybridized carbons (Fsp3) is 0.333. The van der Waals surface area contributed by atoms with Gasteiger partial charge in [0.25, 0.3) is 10.0 Å². The van der Waals surface area contributed by atoms with Crippen LogP contribution in [-0.4, -0.2) is 62.1 Å². The van der Waals surface area contributed by atoms with Crippen molar-refractivity contribution >= 4 is 15.7 Å². The Hall–Kier alpha value is -3.35. The summed E-state index contributed by atoms with van der Waals surface area (Å²) in [4.78, 5) is 14.8. The molecule has 0 saturated carbocycles. The lowest BCUT2D eigenvalue weighted by Crippen LogP contribution is -2.41. The topological polar surface area (TPSA) is 94.0 Å². The number of sulfonamides is 1. The SMILES string of the molecule is CCOCCOc1c(N2CCN(S(=O)(=O)C(F)(F)c3ccccc3)C2)cnn(-c2ccccc2)c1=O. The molecule has 0 unspecified atom stereocenters. The maximum absolute atomic E-state index is 15.0. The van der Waals surface area contributed by atoms with Gasteiger partial charge in [-0.2, -0.15) is 22.9 Å². The molecule has 12 heteroatoms. The predicted octanol–water partition coefficient (Wildman–Crippen LogP) is 2.81. The predicted molar refractivity (Wildman–Crippen MR) is 130 cm³/mol. The Labute approximate surface area is 207 Å². The summed E-state index contributed by atoms with van der Waals surface area (Å²) >= 11 is 0. The molecule has 2 aromatic carbocycles. The standard InChI is InChI=1S/C24H26F2N4O5S/c1-2-34-15-16-35-22-21(17-27-30(23(22)31)20-11-7-4-8-12-20)28-13-14-29(18-28)36(32,33)24(25,26)19-9-5-3-6-10-19/h3-12,17H,2,13-16,18H2,1H3. The number of para-hydroxylation sites is 1. The zero-order chi connectivity index (χ0) is 25.8. The summed E-state index contributed by atoms with van der Waals surface area (Å²) in [5.74, 6) is -0.0670. The number of halogens is 2. The van der Waals surface area contributed by atoms with E-state index < -0.39 is 26.4 Å². The summed E-state index contributed by atoms with van der Waals surface area (Å²) in [7, 11) is -5.04. The van der Waals surface area contributed by atoms with E-state index in [4.69, 9.17) is 9.47 Å².